The number of hydrogen-bond donors (Lipinski definition) is 2. The van der Waals surface area contributed by atoms with Crippen molar-refractivity contribution < 1.29 is 14.3 Å². The molecule has 1 saturated heterocycles. The maximum absolute atomic E-state index is 11.3. The molecule has 1 heterocycles. The largest absolute Gasteiger partial charge is 0.496 e. The predicted molar refractivity (Wildman–Crippen MR) is 72.3 cm³/mol. The lowest BCUT2D eigenvalue weighted by Gasteiger charge is -2.26. The van der Waals surface area contributed by atoms with E-state index in [4.69, 9.17) is 15.2 Å². The maximum atomic E-state index is 11.3. The van der Waals surface area contributed by atoms with Crippen molar-refractivity contribution in [3.05, 3.63) is 29.3 Å². The fourth-order valence-corrected chi connectivity index (χ4v) is 2.33. The van der Waals surface area contributed by atoms with Gasteiger partial charge in [0.2, 0.25) is 0 Å². The molecule has 104 valence electrons. The third-order valence-corrected chi connectivity index (χ3v) is 3.51. The molecule has 3 N–H and O–H groups in total. The number of nitrogens with one attached hydrogen (secondary N) is 1. The van der Waals surface area contributed by atoms with E-state index in [2.05, 4.69) is 19.2 Å². The number of amides is 1. The molecular formula is C14H20N2O3. The molecule has 0 bridgehead atoms. The first-order chi connectivity index (χ1) is 9.02. The highest BCUT2D eigenvalue weighted by atomic mass is 16.6. The lowest BCUT2D eigenvalue weighted by molar-refractivity contribution is 0.0616. The Morgan fingerprint density at radius 1 is 1.53 bits per heavy atom. The lowest BCUT2D eigenvalue weighted by Crippen LogP contribution is -2.38. The zero-order valence-electron chi connectivity index (χ0n) is 11.5. The number of benzene rings is 1. The molecule has 0 radical (unpaired) electrons. The Labute approximate surface area is 113 Å². The quantitative estimate of drug-likeness (QED) is 0.868. The molecule has 19 heavy (non-hydrogen) atoms. The topological polar surface area (TPSA) is 73.6 Å². The van der Waals surface area contributed by atoms with Crippen LogP contribution in [-0.2, 0) is 10.3 Å². The summed E-state index contributed by atoms with van der Waals surface area (Å²) in [6.45, 7) is 4.83. The number of hydrogen-bond acceptors (Lipinski definition) is 4. The van der Waals surface area contributed by atoms with Crippen LogP contribution < -0.4 is 15.8 Å². The van der Waals surface area contributed by atoms with Gasteiger partial charge in [-0.15, -0.1) is 0 Å². The molecule has 1 unspecified atom stereocenters. The van der Waals surface area contributed by atoms with E-state index in [9.17, 15) is 4.79 Å². The van der Waals surface area contributed by atoms with Crippen LogP contribution in [0.2, 0.25) is 0 Å². The zero-order valence-corrected chi connectivity index (χ0v) is 11.5. The second-order valence-electron chi connectivity index (χ2n) is 5.05. The van der Waals surface area contributed by atoms with Crippen molar-refractivity contribution in [1.29, 1.82) is 0 Å². The minimum atomic E-state index is -0.771. The van der Waals surface area contributed by atoms with Gasteiger partial charge in [-0.2, -0.15) is 0 Å². The summed E-state index contributed by atoms with van der Waals surface area (Å²) in [4.78, 5) is 11.3. The van der Waals surface area contributed by atoms with E-state index < -0.39 is 11.7 Å². The van der Waals surface area contributed by atoms with Crippen LogP contribution in [0.4, 0.5) is 4.79 Å². The molecule has 1 amide bonds. The van der Waals surface area contributed by atoms with Crippen LogP contribution in [0.15, 0.2) is 18.2 Å². The third kappa shape index (κ3) is 2.38. The molecule has 0 aliphatic carbocycles. The average molecular weight is 264 g/mol. The molecule has 2 rings (SSSR count). The number of rotatable bonds is 4. The van der Waals surface area contributed by atoms with Crippen molar-refractivity contribution >= 4 is 6.09 Å². The van der Waals surface area contributed by atoms with Crippen molar-refractivity contribution in [3.8, 4) is 5.75 Å². The first-order valence-corrected chi connectivity index (χ1v) is 6.38. The van der Waals surface area contributed by atoms with Gasteiger partial charge in [-0.05, 0) is 29.2 Å². The number of carbonyl (C=O) groups excluding carboxylic acids is 1. The van der Waals surface area contributed by atoms with Gasteiger partial charge in [0.15, 0.2) is 5.60 Å². The number of ether oxygens (including phenoxy) is 2. The van der Waals surface area contributed by atoms with Crippen LogP contribution >= 0.6 is 0 Å². The van der Waals surface area contributed by atoms with Crippen molar-refractivity contribution in [1.82, 2.24) is 5.32 Å². The van der Waals surface area contributed by atoms with E-state index in [1.807, 2.05) is 18.2 Å². The van der Waals surface area contributed by atoms with Crippen LogP contribution in [0.5, 0.6) is 5.75 Å². The minimum absolute atomic E-state index is 0.246. The summed E-state index contributed by atoms with van der Waals surface area (Å²) in [6.07, 6.45) is -0.424. The summed E-state index contributed by atoms with van der Waals surface area (Å²) in [6, 6.07) is 5.81. The highest BCUT2D eigenvalue weighted by Crippen LogP contribution is 2.34. The van der Waals surface area contributed by atoms with Crippen LogP contribution in [-0.4, -0.2) is 26.3 Å². The number of alkyl carbamates (subject to hydrolysis) is 1. The van der Waals surface area contributed by atoms with Crippen LogP contribution in [0.25, 0.3) is 0 Å². The third-order valence-electron chi connectivity index (χ3n) is 3.51. The van der Waals surface area contributed by atoms with E-state index in [0.29, 0.717) is 12.5 Å². The highest BCUT2D eigenvalue weighted by molar-refractivity contribution is 5.71. The molecular weight excluding hydrogens is 244 g/mol. The fourth-order valence-electron chi connectivity index (χ4n) is 2.33. The number of methoxy groups -OCH3 is 1. The van der Waals surface area contributed by atoms with E-state index in [0.717, 1.165) is 16.9 Å². The SMILES string of the molecule is COc1ccc(C2(CN)CNC(=O)O2)cc1C(C)C. The van der Waals surface area contributed by atoms with Crippen molar-refractivity contribution in [2.75, 3.05) is 20.2 Å². The average Bonchev–Trinajstić information content (AvgIpc) is 2.80. The first kappa shape index (κ1) is 13.7. The molecule has 1 aromatic carbocycles. The van der Waals surface area contributed by atoms with Crippen LogP contribution in [0.1, 0.15) is 30.9 Å². The normalized spacial score (nSPS) is 22.3. The summed E-state index contributed by atoms with van der Waals surface area (Å²) in [5, 5.41) is 2.66. The Hall–Kier alpha value is -1.75. The van der Waals surface area contributed by atoms with E-state index in [1.54, 1.807) is 7.11 Å². The number of carbonyl (C=O) groups is 1. The molecule has 0 spiro atoms. The van der Waals surface area contributed by atoms with Gasteiger partial charge >= 0.3 is 6.09 Å². The highest BCUT2D eigenvalue weighted by Gasteiger charge is 2.41. The minimum Gasteiger partial charge on any atom is -0.496 e. The van der Waals surface area contributed by atoms with Crippen LogP contribution in [0, 0.1) is 0 Å². The Bertz CT molecular complexity index is 488. The summed E-state index contributed by atoms with van der Waals surface area (Å²) in [7, 11) is 1.65. The van der Waals surface area contributed by atoms with Gasteiger partial charge in [0, 0.05) is 6.54 Å². The standard InChI is InChI=1S/C14H20N2O3/c1-9(2)11-6-10(4-5-12(11)18-3)14(7-15)8-16-13(17)19-14/h4-6,9H,7-8,15H2,1-3H3,(H,16,17). The monoisotopic (exact) mass is 264 g/mol. The van der Waals surface area contributed by atoms with Gasteiger partial charge in [-0.25, -0.2) is 4.79 Å². The Morgan fingerprint density at radius 2 is 2.26 bits per heavy atom. The number of cyclic esters (lactones) is 1. The van der Waals surface area contributed by atoms with Crippen molar-refractivity contribution in [3.63, 3.8) is 0 Å². The smallest absolute Gasteiger partial charge is 0.408 e. The number of nitrogens with two attached hydrogens (primary N) is 1. The summed E-state index contributed by atoms with van der Waals surface area (Å²) >= 11 is 0. The molecule has 1 atom stereocenters. The second-order valence-corrected chi connectivity index (χ2v) is 5.05. The predicted octanol–water partition coefficient (Wildman–Crippen LogP) is 1.71. The van der Waals surface area contributed by atoms with E-state index in [1.165, 1.54) is 0 Å². The molecule has 1 aliphatic heterocycles. The van der Waals surface area contributed by atoms with E-state index >= 15 is 0 Å². The molecule has 1 aromatic rings. The molecule has 1 aliphatic rings. The van der Waals surface area contributed by atoms with Gasteiger partial charge in [-0.1, -0.05) is 19.9 Å². The summed E-state index contributed by atoms with van der Waals surface area (Å²) < 4.78 is 10.7. The fraction of sp³-hybridized carbons (Fsp3) is 0.500. The molecule has 5 nitrogen and oxygen atoms in total. The lowest BCUT2D eigenvalue weighted by atomic mass is 9.90. The summed E-state index contributed by atoms with van der Waals surface area (Å²) in [5.74, 6) is 1.15. The Kier molecular flexibility index (Phi) is 3.66. The van der Waals surface area contributed by atoms with Gasteiger partial charge in [0.05, 0.1) is 13.7 Å². The maximum Gasteiger partial charge on any atom is 0.408 e. The van der Waals surface area contributed by atoms with Gasteiger partial charge in [0.1, 0.15) is 5.75 Å². The van der Waals surface area contributed by atoms with Gasteiger partial charge < -0.3 is 20.5 Å². The van der Waals surface area contributed by atoms with Gasteiger partial charge in [-0.3, -0.25) is 0 Å². The molecule has 5 heteroatoms. The Morgan fingerprint density at radius 3 is 2.74 bits per heavy atom. The summed E-state index contributed by atoms with van der Waals surface area (Å²) in [5.41, 5.74) is 7.02. The van der Waals surface area contributed by atoms with Crippen molar-refractivity contribution in [2.45, 2.75) is 25.4 Å². The van der Waals surface area contributed by atoms with E-state index in [-0.39, 0.29) is 6.54 Å². The second kappa shape index (κ2) is 5.09. The Balaban J connectivity index is 2.45. The molecule has 0 aromatic heterocycles. The molecule has 1 fully saturated rings. The van der Waals surface area contributed by atoms with Crippen LogP contribution in [0.3, 0.4) is 0 Å². The zero-order chi connectivity index (χ0) is 14.0. The molecule has 0 saturated carbocycles. The van der Waals surface area contributed by atoms with Crippen molar-refractivity contribution in [2.24, 2.45) is 5.73 Å². The first-order valence-electron chi connectivity index (χ1n) is 6.38. The van der Waals surface area contributed by atoms with Gasteiger partial charge in [0.25, 0.3) is 0 Å².